The Morgan fingerprint density at radius 1 is 1.48 bits per heavy atom. The fourth-order valence-electron chi connectivity index (χ4n) is 1.69. The van der Waals surface area contributed by atoms with Crippen molar-refractivity contribution < 1.29 is 9.63 Å². The van der Waals surface area contributed by atoms with Crippen molar-refractivity contribution >= 4 is 52.9 Å². The van der Waals surface area contributed by atoms with Gasteiger partial charge in [0.2, 0.25) is 5.89 Å². The minimum atomic E-state index is -0.646. The highest BCUT2D eigenvalue weighted by atomic mass is 127. The van der Waals surface area contributed by atoms with E-state index in [4.69, 9.17) is 16.1 Å². The third kappa shape index (κ3) is 6.61. The lowest BCUT2D eigenvalue weighted by molar-refractivity contribution is 0.184. The van der Waals surface area contributed by atoms with Gasteiger partial charge in [0, 0.05) is 18.0 Å². The second-order valence-electron chi connectivity index (χ2n) is 4.47. The molecular formula is C13H19ClIN5O2S. The summed E-state index contributed by atoms with van der Waals surface area (Å²) in [7, 11) is 0. The Morgan fingerprint density at radius 3 is 2.83 bits per heavy atom. The molecule has 1 atom stereocenters. The molecule has 1 unspecified atom stereocenters. The van der Waals surface area contributed by atoms with E-state index in [1.165, 1.54) is 11.3 Å². The fraction of sp³-hybridized carbons (Fsp3) is 0.462. The van der Waals surface area contributed by atoms with Gasteiger partial charge in [0.1, 0.15) is 12.6 Å². The molecule has 23 heavy (non-hydrogen) atoms. The van der Waals surface area contributed by atoms with Crippen molar-refractivity contribution in [2.75, 3.05) is 13.1 Å². The molecule has 2 heterocycles. The van der Waals surface area contributed by atoms with Crippen molar-refractivity contribution in [2.24, 2.45) is 4.99 Å². The number of guanidine groups is 1. The van der Waals surface area contributed by atoms with Gasteiger partial charge in [-0.3, -0.25) is 0 Å². The van der Waals surface area contributed by atoms with E-state index >= 15 is 0 Å². The molecule has 0 saturated heterocycles. The molecule has 0 aliphatic rings. The van der Waals surface area contributed by atoms with Crippen LogP contribution in [-0.2, 0) is 6.54 Å². The van der Waals surface area contributed by atoms with E-state index in [1.807, 2.05) is 13.0 Å². The Balaban J connectivity index is 0.00000264. The zero-order chi connectivity index (χ0) is 15.9. The van der Waals surface area contributed by atoms with Crippen LogP contribution in [0.25, 0.3) is 0 Å². The highest BCUT2D eigenvalue weighted by Crippen LogP contribution is 2.26. The lowest BCUT2D eigenvalue weighted by Crippen LogP contribution is -2.39. The average molecular weight is 472 g/mol. The van der Waals surface area contributed by atoms with Crippen LogP contribution < -0.4 is 10.6 Å². The van der Waals surface area contributed by atoms with Gasteiger partial charge in [0.25, 0.3) is 0 Å². The topological polar surface area (TPSA) is 95.6 Å². The second-order valence-corrected chi connectivity index (χ2v) is 6.22. The van der Waals surface area contributed by atoms with Crippen molar-refractivity contribution in [3.05, 3.63) is 33.1 Å². The van der Waals surface area contributed by atoms with Gasteiger partial charge >= 0.3 is 0 Å². The number of rotatable bonds is 6. The van der Waals surface area contributed by atoms with E-state index < -0.39 is 6.10 Å². The van der Waals surface area contributed by atoms with Crippen LogP contribution in [-0.4, -0.2) is 34.3 Å². The van der Waals surface area contributed by atoms with Gasteiger partial charge in [-0.05, 0) is 26.0 Å². The predicted octanol–water partition coefficient (Wildman–Crippen LogP) is 2.50. The minimum absolute atomic E-state index is 0. The molecule has 0 aromatic carbocycles. The maximum absolute atomic E-state index is 10.1. The van der Waals surface area contributed by atoms with Crippen molar-refractivity contribution in [2.45, 2.75) is 26.5 Å². The van der Waals surface area contributed by atoms with Gasteiger partial charge in [0.05, 0.1) is 4.34 Å². The molecule has 0 amide bonds. The first-order valence-corrected chi connectivity index (χ1v) is 8.02. The van der Waals surface area contributed by atoms with Crippen LogP contribution in [0.3, 0.4) is 0 Å². The summed E-state index contributed by atoms with van der Waals surface area (Å²) in [5, 5.41) is 20.0. The number of nitrogens with zero attached hydrogens (tertiary/aromatic N) is 3. The average Bonchev–Trinajstić information content (AvgIpc) is 3.10. The molecule has 0 spiro atoms. The van der Waals surface area contributed by atoms with Gasteiger partial charge in [-0.25, -0.2) is 4.99 Å². The van der Waals surface area contributed by atoms with Crippen LogP contribution in [0.15, 0.2) is 21.6 Å². The van der Waals surface area contributed by atoms with E-state index in [9.17, 15) is 5.11 Å². The SMILES string of the molecule is CCNC(=NCc1nc(C)no1)NCC(O)c1ccc(Cl)s1.I. The van der Waals surface area contributed by atoms with Gasteiger partial charge < -0.3 is 20.3 Å². The molecule has 2 rings (SSSR count). The Kier molecular flexibility index (Phi) is 8.81. The number of aliphatic hydroxyl groups is 1. The summed E-state index contributed by atoms with van der Waals surface area (Å²) in [5.74, 6) is 1.59. The minimum Gasteiger partial charge on any atom is -0.386 e. The Bertz CT molecular complexity index is 633. The van der Waals surface area contributed by atoms with Crippen molar-refractivity contribution in [1.29, 1.82) is 0 Å². The maximum Gasteiger partial charge on any atom is 0.248 e. The van der Waals surface area contributed by atoms with E-state index in [1.54, 1.807) is 13.0 Å². The molecule has 0 aliphatic carbocycles. The smallest absolute Gasteiger partial charge is 0.248 e. The number of halogens is 2. The quantitative estimate of drug-likeness (QED) is 0.340. The van der Waals surface area contributed by atoms with Crippen molar-refractivity contribution in [3.8, 4) is 0 Å². The summed E-state index contributed by atoms with van der Waals surface area (Å²) in [5.41, 5.74) is 0. The number of hydrogen-bond acceptors (Lipinski definition) is 6. The third-order valence-electron chi connectivity index (χ3n) is 2.67. The van der Waals surface area contributed by atoms with E-state index in [-0.39, 0.29) is 30.5 Å². The van der Waals surface area contributed by atoms with E-state index in [0.717, 1.165) is 4.88 Å². The summed E-state index contributed by atoms with van der Waals surface area (Å²) >= 11 is 7.22. The zero-order valence-electron chi connectivity index (χ0n) is 12.7. The van der Waals surface area contributed by atoms with Gasteiger partial charge in [-0.1, -0.05) is 16.8 Å². The first kappa shape index (κ1) is 20.1. The number of aromatic nitrogens is 2. The standard InChI is InChI=1S/C13H18ClN5O2S.HI/c1-3-15-13(17-7-12-18-8(2)19-21-12)16-6-9(20)10-4-5-11(14)22-10;/h4-5,9,20H,3,6-7H2,1-2H3,(H2,15,16,17);1H. The molecule has 7 nitrogen and oxygen atoms in total. The molecular weight excluding hydrogens is 453 g/mol. The zero-order valence-corrected chi connectivity index (χ0v) is 16.6. The third-order valence-corrected chi connectivity index (χ3v) is 4.00. The van der Waals surface area contributed by atoms with Crippen LogP contribution in [0.4, 0.5) is 0 Å². The van der Waals surface area contributed by atoms with E-state index in [0.29, 0.717) is 35.1 Å². The molecule has 0 aliphatic heterocycles. The van der Waals surface area contributed by atoms with Gasteiger partial charge in [-0.2, -0.15) is 4.98 Å². The van der Waals surface area contributed by atoms with Crippen LogP contribution in [0.2, 0.25) is 4.34 Å². The highest BCUT2D eigenvalue weighted by Gasteiger charge is 2.11. The van der Waals surface area contributed by atoms with Crippen LogP contribution >= 0.6 is 46.9 Å². The number of aliphatic imine (C=N–C) groups is 1. The summed E-state index contributed by atoms with van der Waals surface area (Å²) < 4.78 is 5.66. The summed E-state index contributed by atoms with van der Waals surface area (Å²) in [6, 6.07) is 3.58. The number of nitrogens with one attached hydrogen (secondary N) is 2. The Hall–Kier alpha value is -0.910. The summed E-state index contributed by atoms with van der Waals surface area (Å²) in [4.78, 5) is 9.22. The normalized spacial score (nSPS) is 12.6. The molecule has 0 radical (unpaired) electrons. The number of aliphatic hydroxyl groups excluding tert-OH is 1. The summed E-state index contributed by atoms with van der Waals surface area (Å²) in [6.07, 6.45) is -0.646. The lowest BCUT2D eigenvalue weighted by atomic mass is 10.3. The molecule has 0 bridgehead atoms. The molecule has 10 heteroatoms. The molecule has 2 aromatic rings. The first-order valence-electron chi connectivity index (χ1n) is 6.83. The molecule has 3 N–H and O–H groups in total. The molecule has 2 aromatic heterocycles. The Morgan fingerprint density at radius 2 is 2.26 bits per heavy atom. The number of thiophene rings is 1. The van der Waals surface area contributed by atoms with Crippen LogP contribution in [0.5, 0.6) is 0 Å². The van der Waals surface area contributed by atoms with Gasteiger partial charge in [0.15, 0.2) is 11.8 Å². The lowest BCUT2D eigenvalue weighted by Gasteiger charge is -2.14. The highest BCUT2D eigenvalue weighted by molar-refractivity contribution is 14.0. The largest absolute Gasteiger partial charge is 0.386 e. The fourth-order valence-corrected chi connectivity index (χ4v) is 2.74. The first-order chi connectivity index (χ1) is 10.6. The molecule has 128 valence electrons. The van der Waals surface area contributed by atoms with Gasteiger partial charge in [-0.15, -0.1) is 35.3 Å². The monoisotopic (exact) mass is 471 g/mol. The van der Waals surface area contributed by atoms with Crippen molar-refractivity contribution in [1.82, 2.24) is 20.8 Å². The number of hydrogen-bond donors (Lipinski definition) is 3. The second kappa shape index (κ2) is 10.1. The Labute approximate surface area is 160 Å². The number of aryl methyl sites for hydroxylation is 1. The maximum atomic E-state index is 10.1. The van der Waals surface area contributed by atoms with E-state index in [2.05, 4.69) is 25.8 Å². The predicted molar refractivity (Wildman–Crippen MR) is 102 cm³/mol. The van der Waals surface area contributed by atoms with Crippen LogP contribution in [0.1, 0.15) is 29.6 Å². The summed E-state index contributed by atoms with van der Waals surface area (Å²) in [6.45, 7) is 5.02. The van der Waals surface area contributed by atoms with Crippen molar-refractivity contribution in [3.63, 3.8) is 0 Å². The molecule has 0 saturated carbocycles. The molecule has 0 fully saturated rings. The van der Waals surface area contributed by atoms with Crippen LogP contribution in [0, 0.1) is 6.92 Å².